The maximum absolute atomic E-state index is 12.5. The van der Waals surface area contributed by atoms with Gasteiger partial charge in [0.2, 0.25) is 11.8 Å². The minimum atomic E-state index is -0.122. The van der Waals surface area contributed by atoms with Crippen LogP contribution in [0.25, 0.3) is 0 Å². The first-order chi connectivity index (χ1) is 10.4. The Labute approximate surface area is 140 Å². The van der Waals surface area contributed by atoms with Crippen molar-refractivity contribution in [1.82, 2.24) is 4.90 Å². The van der Waals surface area contributed by atoms with E-state index >= 15 is 0 Å². The molecule has 1 aliphatic rings. The van der Waals surface area contributed by atoms with Gasteiger partial charge in [0.15, 0.2) is 0 Å². The number of aryl methyl sites for hydroxylation is 1. The summed E-state index contributed by atoms with van der Waals surface area (Å²) in [6.07, 6.45) is 2.08. The van der Waals surface area contributed by atoms with E-state index in [0.29, 0.717) is 5.92 Å². The lowest BCUT2D eigenvalue weighted by atomic mass is 9.99. The molecule has 1 aromatic carbocycles. The van der Waals surface area contributed by atoms with Crippen molar-refractivity contribution in [3.05, 3.63) is 28.2 Å². The quantitative estimate of drug-likeness (QED) is 0.822. The lowest BCUT2D eigenvalue weighted by molar-refractivity contribution is -0.132. The number of carbonyl (C=O) groups excluding carboxylic acids is 2. The molecule has 4 nitrogen and oxygen atoms in total. The van der Waals surface area contributed by atoms with Crippen molar-refractivity contribution >= 4 is 33.4 Å². The number of hydrogen-bond donors (Lipinski definition) is 0. The van der Waals surface area contributed by atoms with Crippen molar-refractivity contribution in [2.75, 3.05) is 24.5 Å². The largest absolute Gasteiger partial charge is 0.341 e. The smallest absolute Gasteiger partial charge is 0.242 e. The molecule has 0 unspecified atom stereocenters. The molecule has 2 amide bonds. The Morgan fingerprint density at radius 2 is 1.95 bits per heavy atom. The Kier molecular flexibility index (Phi) is 5.62. The van der Waals surface area contributed by atoms with Gasteiger partial charge < -0.3 is 9.80 Å². The third-order valence-electron chi connectivity index (χ3n) is 4.20. The Morgan fingerprint density at radius 3 is 2.50 bits per heavy atom. The summed E-state index contributed by atoms with van der Waals surface area (Å²) < 4.78 is 0.836. The van der Waals surface area contributed by atoms with Gasteiger partial charge in [0.25, 0.3) is 0 Å². The zero-order valence-corrected chi connectivity index (χ0v) is 15.0. The van der Waals surface area contributed by atoms with Crippen LogP contribution in [0.4, 0.5) is 5.69 Å². The summed E-state index contributed by atoms with van der Waals surface area (Å²) in [4.78, 5) is 27.9. The first-order valence-corrected chi connectivity index (χ1v) is 8.50. The zero-order valence-electron chi connectivity index (χ0n) is 13.4. The molecule has 1 aromatic rings. The highest BCUT2D eigenvalue weighted by atomic mass is 79.9. The topological polar surface area (TPSA) is 40.6 Å². The fourth-order valence-corrected chi connectivity index (χ4v) is 3.40. The van der Waals surface area contributed by atoms with E-state index < -0.39 is 0 Å². The molecule has 1 heterocycles. The number of carbonyl (C=O) groups is 2. The summed E-state index contributed by atoms with van der Waals surface area (Å²) in [5.41, 5.74) is 1.85. The lowest BCUT2D eigenvalue weighted by Crippen LogP contribution is -2.45. The molecule has 0 N–H and O–H groups in total. The van der Waals surface area contributed by atoms with E-state index in [-0.39, 0.29) is 18.4 Å². The fourth-order valence-electron chi connectivity index (χ4n) is 2.69. The predicted molar refractivity (Wildman–Crippen MR) is 91.9 cm³/mol. The molecule has 0 aliphatic carbocycles. The minimum absolute atomic E-state index is 0.0228. The highest BCUT2D eigenvalue weighted by molar-refractivity contribution is 9.10. The first-order valence-electron chi connectivity index (χ1n) is 7.70. The van der Waals surface area contributed by atoms with Crippen LogP contribution in [-0.2, 0) is 9.59 Å². The van der Waals surface area contributed by atoms with E-state index in [1.807, 2.05) is 30.0 Å². The van der Waals surface area contributed by atoms with Gasteiger partial charge in [-0.25, -0.2) is 0 Å². The molecule has 0 aromatic heterocycles. The van der Waals surface area contributed by atoms with Crippen LogP contribution < -0.4 is 4.90 Å². The molecule has 0 bridgehead atoms. The molecule has 0 radical (unpaired) electrons. The Balaban J connectivity index is 2.12. The van der Waals surface area contributed by atoms with Gasteiger partial charge in [-0.05, 0) is 59.3 Å². The third kappa shape index (κ3) is 4.09. The Hall–Kier alpha value is -1.36. The SMILES string of the molecule is CC(=O)N(CC(=O)N1CCC(C)CC1)c1ccc(C)cc1Br. The van der Waals surface area contributed by atoms with Gasteiger partial charge in [0, 0.05) is 24.5 Å². The molecular weight excluding hydrogens is 344 g/mol. The van der Waals surface area contributed by atoms with Crippen LogP contribution in [0.15, 0.2) is 22.7 Å². The van der Waals surface area contributed by atoms with Crippen LogP contribution >= 0.6 is 15.9 Å². The summed E-state index contributed by atoms with van der Waals surface area (Å²) in [6, 6.07) is 5.79. The number of rotatable bonds is 3. The predicted octanol–water partition coefficient (Wildman–Crippen LogP) is 3.37. The normalized spacial score (nSPS) is 15.7. The summed E-state index contributed by atoms with van der Waals surface area (Å²) in [7, 11) is 0. The summed E-state index contributed by atoms with van der Waals surface area (Å²) in [6.45, 7) is 7.39. The molecule has 2 rings (SSSR count). The second-order valence-corrected chi connectivity index (χ2v) is 6.98. The Bertz CT molecular complexity index is 566. The minimum Gasteiger partial charge on any atom is -0.341 e. The van der Waals surface area contributed by atoms with Crippen LogP contribution in [-0.4, -0.2) is 36.3 Å². The zero-order chi connectivity index (χ0) is 16.3. The summed E-state index contributed by atoms with van der Waals surface area (Å²) >= 11 is 3.49. The number of halogens is 1. The van der Waals surface area contributed by atoms with Gasteiger partial charge in [0.05, 0.1) is 5.69 Å². The van der Waals surface area contributed by atoms with Crippen molar-refractivity contribution in [2.45, 2.75) is 33.6 Å². The Morgan fingerprint density at radius 1 is 1.32 bits per heavy atom. The molecule has 1 saturated heterocycles. The van der Waals surface area contributed by atoms with E-state index in [2.05, 4.69) is 22.9 Å². The van der Waals surface area contributed by atoms with Gasteiger partial charge in [-0.3, -0.25) is 9.59 Å². The van der Waals surface area contributed by atoms with Gasteiger partial charge in [-0.15, -0.1) is 0 Å². The number of hydrogen-bond acceptors (Lipinski definition) is 2. The third-order valence-corrected chi connectivity index (χ3v) is 4.84. The first kappa shape index (κ1) is 17.0. The molecule has 0 spiro atoms. The number of nitrogens with zero attached hydrogens (tertiary/aromatic N) is 2. The second kappa shape index (κ2) is 7.27. The lowest BCUT2D eigenvalue weighted by Gasteiger charge is -2.32. The highest BCUT2D eigenvalue weighted by Gasteiger charge is 2.24. The molecule has 1 aliphatic heterocycles. The summed E-state index contributed by atoms with van der Waals surface area (Å²) in [5.74, 6) is 0.581. The maximum Gasteiger partial charge on any atom is 0.242 e. The molecule has 120 valence electrons. The summed E-state index contributed by atoms with van der Waals surface area (Å²) in [5, 5.41) is 0. The van der Waals surface area contributed by atoms with E-state index in [1.165, 1.54) is 6.92 Å². The van der Waals surface area contributed by atoms with Crippen molar-refractivity contribution in [1.29, 1.82) is 0 Å². The molecule has 0 atom stereocenters. The molecule has 22 heavy (non-hydrogen) atoms. The van der Waals surface area contributed by atoms with Gasteiger partial charge in [0.1, 0.15) is 6.54 Å². The van der Waals surface area contributed by atoms with Crippen LogP contribution in [0.1, 0.15) is 32.3 Å². The fraction of sp³-hybridized carbons (Fsp3) is 0.529. The van der Waals surface area contributed by atoms with Crippen LogP contribution in [0.3, 0.4) is 0 Å². The van der Waals surface area contributed by atoms with Crippen molar-refractivity contribution in [3.63, 3.8) is 0 Å². The maximum atomic E-state index is 12.5. The van der Waals surface area contributed by atoms with Crippen LogP contribution in [0.5, 0.6) is 0 Å². The van der Waals surface area contributed by atoms with E-state index in [9.17, 15) is 9.59 Å². The average Bonchev–Trinajstić information content (AvgIpc) is 2.45. The molecule has 5 heteroatoms. The van der Waals surface area contributed by atoms with Crippen LogP contribution in [0, 0.1) is 12.8 Å². The molecule has 1 fully saturated rings. The molecular formula is C17H23BrN2O2. The van der Waals surface area contributed by atoms with E-state index in [1.54, 1.807) is 4.90 Å². The van der Waals surface area contributed by atoms with Crippen molar-refractivity contribution in [2.24, 2.45) is 5.92 Å². The number of amides is 2. The van der Waals surface area contributed by atoms with Gasteiger partial charge >= 0.3 is 0 Å². The number of benzene rings is 1. The van der Waals surface area contributed by atoms with Gasteiger partial charge in [-0.1, -0.05) is 13.0 Å². The number of piperidine rings is 1. The highest BCUT2D eigenvalue weighted by Crippen LogP contribution is 2.27. The van der Waals surface area contributed by atoms with Crippen molar-refractivity contribution in [3.8, 4) is 0 Å². The second-order valence-electron chi connectivity index (χ2n) is 6.12. The van der Waals surface area contributed by atoms with Gasteiger partial charge in [-0.2, -0.15) is 0 Å². The monoisotopic (exact) mass is 366 g/mol. The van der Waals surface area contributed by atoms with Crippen molar-refractivity contribution < 1.29 is 9.59 Å². The molecule has 0 saturated carbocycles. The standard InChI is InChI=1S/C17H23BrN2O2/c1-12-6-8-19(9-7-12)17(22)11-20(14(3)21)16-5-4-13(2)10-15(16)18/h4-5,10,12H,6-9,11H2,1-3H3. The van der Waals surface area contributed by atoms with Crippen LogP contribution in [0.2, 0.25) is 0 Å². The number of anilines is 1. The number of likely N-dealkylation sites (tertiary alicyclic amines) is 1. The van der Waals surface area contributed by atoms with E-state index in [4.69, 9.17) is 0 Å². The van der Waals surface area contributed by atoms with E-state index in [0.717, 1.165) is 41.7 Å². The average molecular weight is 367 g/mol.